The lowest BCUT2D eigenvalue weighted by molar-refractivity contribution is -0.113. The van der Waals surface area contributed by atoms with Gasteiger partial charge in [-0.3, -0.25) is 14.5 Å². The number of carbonyl (C=O) groups excluding carboxylic acids is 2. The number of nitrogens with zero attached hydrogens (tertiary/aromatic N) is 1. The molecular formula is C23H14ClFN2O2S2. The van der Waals surface area contributed by atoms with Crippen LogP contribution >= 0.6 is 35.6 Å². The van der Waals surface area contributed by atoms with Gasteiger partial charge in [-0.2, -0.15) is 0 Å². The Morgan fingerprint density at radius 2 is 1.81 bits per heavy atom. The van der Waals surface area contributed by atoms with E-state index in [1.807, 2.05) is 6.07 Å². The zero-order valence-corrected chi connectivity index (χ0v) is 18.2. The van der Waals surface area contributed by atoms with Gasteiger partial charge in [0.25, 0.3) is 11.8 Å². The Labute approximate surface area is 192 Å². The number of thiocarbonyl (C=S) groups is 1. The van der Waals surface area contributed by atoms with Crippen molar-refractivity contribution in [1.29, 1.82) is 0 Å². The maximum absolute atomic E-state index is 13.2. The highest BCUT2D eigenvalue weighted by atomic mass is 35.5. The molecule has 1 N–H and O–H groups in total. The summed E-state index contributed by atoms with van der Waals surface area (Å²) in [6, 6.07) is 19.4. The summed E-state index contributed by atoms with van der Waals surface area (Å²) in [7, 11) is 0. The first-order valence-corrected chi connectivity index (χ1v) is 10.7. The van der Waals surface area contributed by atoms with Gasteiger partial charge in [0.1, 0.15) is 5.82 Å². The zero-order chi connectivity index (χ0) is 22.0. The first kappa shape index (κ1) is 21.2. The molecule has 1 aliphatic heterocycles. The van der Waals surface area contributed by atoms with Crippen LogP contribution in [0.25, 0.3) is 6.08 Å². The molecule has 4 rings (SSSR count). The number of hydrogen-bond acceptors (Lipinski definition) is 4. The van der Waals surface area contributed by atoms with Gasteiger partial charge in [-0.1, -0.05) is 59.8 Å². The van der Waals surface area contributed by atoms with Gasteiger partial charge in [0.05, 0.1) is 21.2 Å². The van der Waals surface area contributed by atoms with Gasteiger partial charge >= 0.3 is 0 Å². The molecule has 4 nitrogen and oxygen atoms in total. The fourth-order valence-corrected chi connectivity index (χ4v) is 4.50. The Morgan fingerprint density at radius 1 is 1.06 bits per heavy atom. The van der Waals surface area contributed by atoms with Crippen LogP contribution in [0.15, 0.2) is 77.7 Å². The monoisotopic (exact) mass is 468 g/mol. The van der Waals surface area contributed by atoms with E-state index in [1.54, 1.807) is 48.5 Å². The number of carbonyl (C=O) groups is 2. The third kappa shape index (κ3) is 4.69. The van der Waals surface area contributed by atoms with E-state index in [0.29, 0.717) is 31.2 Å². The van der Waals surface area contributed by atoms with Crippen LogP contribution in [-0.4, -0.2) is 16.1 Å². The molecule has 0 radical (unpaired) electrons. The molecule has 1 heterocycles. The van der Waals surface area contributed by atoms with Crippen LogP contribution in [0.2, 0.25) is 5.02 Å². The quantitative estimate of drug-likeness (QED) is 0.369. The highest BCUT2D eigenvalue weighted by Gasteiger charge is 2.33. The van der Waals surface area contributed by atoms with Crippen LogP contribution in [0.3, 0.4) is 0 Å². The molecule has 2 amide bonds. The third-order valence-corrected chi connectivity index (χ3v) is 6.07. The Hall–Kier alpha value is -3.00. The van der Waals surface area contributed by atoms with Crippen molar-refractivity contribution in [2.24, 2.45) is 0 Å². The summed E-state index contributed by atoms with van der Waals surface area (Å²) in [4.78, 5) is 27.2. The summed E-state index contributed by atoms with van der Waals surface area (Å²) in [5.41, 5.74) is 2.16. The first-order chi connectivity index (χ1) is 14.9. The van der Waals surface area contributed by atoms with E-state index in [-0.39, 0.29) is 17.6 Å². The van der Waals surface area contributed by atoms with E-state index >= 15 is 0 Å². The highest BCUT2D eigenvalue weighted by Crippen LogP contribution is 2.36. The summed E-state index contributed by atoms with van der Waals surface area (Å²) in [6.07, 6.45) is 1.70. The molecule has 1 aliphatic rings. The standard InChI is InChI=1S/C23H14ClFN2O2S2/c24-19-7-2-1-6-18(19)21(28)26-16-5-3-4-14(12-16)13-20-22(29)27(23(30)31-20)17-10-8-15(25)9-11-17/h1-13H,(H,26,28)/b20-13+. The van der Waals surface area contributed by atoms with Gasteiger partial charge in [0.2, 0.25) is 0 Å². The lowest BCUT2D eigenvalue weighted by atomic mass is 10.1. The van der Waals surface area contributed by atoms with Gasteiger partial charge in [-0.15, -0.1) is 0 Å². The average molecular weight is 469 g/mol. The van der Waals surface area contributed by atoms with Crippen LogP contribution in [0.1, 0.15) is 15.9 Å². The second-order valence-corrected chi connectivity index (χ2v) is 8.64. The summed E-state index contributed by atoms with van der Waals surface area (Å²) in [6.45, 7) is 0. The fourth-order valence-electron chi connectivity index (χ4n) is 2.98. The molecule has 0 atom stereocenters. The molecule has 3 aromatic rings. The molecule has 0 unspecified atom stereocenters. The van der Waals surface area contributed by atoms with Crippen molar-refractivity contribution in [3.63, 3.8) is 0 Å². The minimum atomic E-state index is -0.389. The van der Waals surface area contributed by atoms with Crippen molar-refractivity contribution < 1.29 is 14.0 Å². The predicted molar refractivity (Wildman–Crippen MR) is 128 cm³/mol. The van der Waals surface area contributed by atoms with Crippen LogP contribution < -0.4 is 10.2 Å². The second-order valence-electron chi connectivity index (χ2n) is 6.55. The van der Waals surface area contributed by atoms with Crippen molar-refractivity contribution in [2.45, 2.75) is 0 Å². The van der Waals surface area contributed by atoms with E-state index < -0.39 is 0 Å². The fraction of sp³-hybridized carbons (Fsp3) is 0. The number of thioether (sulfide) groups is 1. The zero-order valence-electron chi connectivity index (χ0n) is 15.8. The topological polar surface area (TPSA) is 49.4 Å². The lowest BCUT2D eigenvalue weighted by Gasteiger charge is -2.14. The van der Waals surface area contributed by atoms with Gasteiger partial charge in [-0.25, -0.2) is 4.39 Å². The number of anilines is 2. The average Bonchev–Trinajstić information content (AvgIpc) is 3.02. The van der Waals surface area contributed by atoms with Crippen molar-refractivity contribution in [1.82, 2.24) is 0 Å². The van der Waals surface area contributed by atoms with E-state index in [4.69, 9.17) is 23.8 Å². The molecule has 0 bridgehead atoms. The highest BCUT2D eigenvalue weighted by molar-refractivity contribution is 8.27. The minimum Gasteiger partial charge on any atom is -0.322 e. The molecule has 8 heteroatoms. The lowest BCUT2D eigenvalue weighted by Crippen LogP contribution is -2.27. The Kier molecular flexibility index (Phi) is 6.18. The number of hydrogen-bond donors (Lipinski definition) is 1. The molecule has 1 fully saturated rings. The molecular weight excluding hydrogens is 455 g/mol. The molecule has 3 aromatic carbocycles. The number of amides is 2. The predicted octanol–water partition coefficient (Wildman–Crippen LogP) is 6.14. The van der Waals surface area contributed by atoms with Gasteiger partial charge in [0.15, 0.2) is 4.32 Å². The van der Waals surface area contributed by atoms with E-state index in [1.165, 1.54) is 29.2 Å². The minimum absolute atomic E-state index is 0.285. The number of rotatable bonds is 4. The molecule has 0 aliphatic carbocycles. The Morgan fingerprint density at radius 3 is 2.55 bits per heavy atom. The third-order valence-electron chi connectivity index (χ3n) is 4.44. The normalized spacial score (nSPS) is 14.9. The van der Waals surface area contributed by atoms with E-state index in [0.717, 1.165) is 17.3 Å². The summed E-state index contributed by atoms with van der Waals surface area (Å²) in [5, 5.41) is 3.17. The molecule has 31 heavy (non-hydrogen) atoms. The SMILES string of the molecule is O=C(Nc1cccc(/C=C2/SC(=S)N(c3ccc(F)cc3)C2=O)c1)c1ccccc1Cl. The molecule has 0 spiro atoms. The number of benzene rings is 3. The maximum Gasteiger partial charge on any atom is 0.270 e. The number of nitrogens with one attached hydrogen (secondary N) is 1. The molecule has 0 saturated carbocycles. The van der Waals surface area contributed by atoms with Crippen molar-refractivity contribution in [3.8, 4) is 0 Å². The summed E-state index contributed by atoms with van der Waals surface area (Å²) in [5.74, 6) is -1.00. The van der Waals surface area contributed by atoms with Gasteiger partial charge in [-0.05, 0) is 60.2 Å². The summed E-state index contributed by atoms with van der Waals surface area (Å²) < 4.78 is 13.6. The van der Waals surface area contributed by atoms with E-state index in [2.05, 4.69) is 5.32 Å². The van der Waals surface area contributed by atoms with Crippen LogP contribution in [0.4, 0.5) is 15.8 Å². The van der Waals surface area contributed by atoms with Crippen molar-refractivity contribution in [2.75, 3.05) is 10.2 Å². The molecule has 1 saturated heterocycles. The summed E-state index contributed by atoms with van der Waals surface area (Å²) >= 11 is 12.6. The molecule has 0 aromatic heterocycles. The van der Waals surface area contributed by atoms with Gasteiger partial charge in [0, 0.05) is 5.69 Å². The van der Waals surface area contributed by atoms with Crippen LogP contribution in [0, 0.1) is 5.82 Å². The largest absolute Gasteiger partial charge is 0.322 e. The van der Waals surface area contributed by atoms with Crippen molar-refractivity contribution in [3.05, 3.63) is 99.7 Å². The first-order valence-electron chi connectivity index (χ1n) is 9.12. The van der Waals surface area contributed by atoms with Crippen molar-refractivity contribution >= 4 is 69.2 Å². The van der Waals surface area contributed by atoms with Gasteiger partial charge < -0.3 is 5.32 Å². The Balaban J connectivity index is 1.55. The van der Waals surface area contributed by atoms with E-state index in [9.17, 15) is 14.0 Å². The molecule has 154 valence electrons. The number of halogens is 2. The van der Waals surface area contributed by atoms with Crippen LogP contribution in [0.5, 0.6) is 0 Å². The van der Waals surface area contributed by atoms with Crippen LogP contribution in [-0.2, 0) is 4.79 Å². The smallest absolute Gasteiger partial charge is 0.270 e. The second kappa shape index (κ2) is 9.01. The maximum atomic E-state index is 13.2. The Bertz CT molecular complexity index is 1230.